The van der Waals surface area contributed by atoms with Crippen LogP contribution in [0.1, 0.15) is 31.9 Å². The Labute approximate surface area is 240 Å². The van der Waals surface area contributed by atoms with E-state index in [9.17, 15) is 22.8 Å². The van der Waals surface area contributed by atoms with Crippen LogP contribution < -0.4 is 4.90 Å². The molecule has 220 valence electrons. The van der Waals surface area contributed by atoms with Crippen LogP contribution in [0.5, 0.6) is 0 Å². The van der Waals surface area contributed by atoms with Gasteiger partial charge in [-0.15, -0.1) is 0 Å². The fourth-order valence-corrected chi connectivity index (χ4v) is 4.18. The number of rotatable bonds is 9. The molecule has 8 nitrogen and oxygen atoms in total. The van der Waals surface area contributed by atoms with Crippen LogP contribution in [0.2, 0.25) is 0 Å². The van der Waals surface area contributed by atoms with Gasteiger partial charge in [-0.2, -0.15) is 13.2 Å². The summed E-state index contributed by atoms with van der Waals surface area (Å²) in [5.41, 5.74) is -0.518. The molecular weight excluding hydrogens is 551 g/mol. The van der Waals surface area contributed by atoms with Crippen LogP contribution in [0, 0.1) is 5.92 Å². The third kappa shape index (κ3) is 7.74. The summed E-state index contributed by atoms with van der Waals surface area (Å²) in [6, 6.07) is 13.5. The first-order valence-corrected chi connectivity index (χ1v) is 13.1. The number of carbonyl (C=O) groups is 2. The molecule has 2 heterocycles. The Morgan fingerprint density at radius 3 is 2.45 bits per heavy atom. The van der Waals surface area contributed by atoms with E-state index in [2.05, 4.69) is 16.7 Å². The lowest BCUT2D eigenvalue weighted by Crippen LogP contribution is -2.41. The molecule has 11 heteroatoms. The molecule has 2 aromatic carbocycles. The van der Waals surface area contributed by atoms with E-state index < -0.39 is 35.3 Å². The van der Waals surface area contributed by atoms with E-state index in [0.29, 0.717) is 16.9 Å². The van der Waals surface area contributed by atoms with Gasteiger partial charge in [0, 0.05) is 36.0 Å². The minimum Gasteiger partial charge on any atom is -0.460 e. The first kappa shape index (κ1) is 30.3. The van der Waals surface area contributed by atoms with Crippen molar-refractivity contribution in [1.82, 2.24) is 10.1 Å². The van der Waals surface area contributed by atoms with Crippen molar-refractivity contribution in [3.8, 4) is 11.3 Å². The van der Waals surface area contributed by atoms with Crippen LogP contribution in [-0.4, -0.2) is 41.0 Å². The Balaban J connectivity index is 1.66. The number of ether oxygens (including phenoxy) is 2. The molecule has 0 fully saturated rings. The van der Waals surface area contributed by atoms with Crippen molar-refractivity contribution < 1.29 is 36.8 Å². The minimum absolute atomic E-state index is 0.0122. The van der Waals surface area contributed by atoms with E-state index in [1.165, 1.54) is 18.2 Å². The Morgan fingerprint density at radius 1 is 1.05 bits per heavy atom. The first-order valence-electron chi connectivity index (χ1n) is 13.1. The fourth-order valence-electron chi connectivity index (χ4n) is 4.18. The maximum Gasteiger partial charge on any atom is 0.416 e. The number of esters is 1. The molecule has 4 aromatic rings. The van der Waals surface area contributed by atoms with E-state index in [4.69, 9.17) is 14.0 Å². The summed E-state index contributed by atoms with van der Waals surface area (Å²) in [6.07, 6.45) is -0.538. The highest BCUT2D eigenvalue weighted by Crippen LogP contribution is 2.31. The minimum atomic E-state index is -4.50. The molecule has 1 atom stereocenters. The molecule has 0 aliphatic rings. The Bertz CT molecular complexity index is 1560. The quantitative estimate of drug-likeness (QED) is 0.152. The van der Waals surface area contributed by atoms with Gasteiger partial charge in [-0.1, -0.05) is 42.1 Å². The lowest BCUT2D eigenvalue weighted by atomic mass is 9.97. The van der Waals surface area contributed by atoms with Crippen LogP contribution in [0.25, 0.3) is 22.1 Å². The monoisotopic (exact) mass is 581 g/mol. The van der Waals surface area contributed by atoms with Gasteiger partial charge in [-0.3, -0.25) is 14.7 Å². The van der Waals surface area contributed by atoms with Crippen molar-refractivity contribution in [3.05, 3.63) is 90.8 Å². The van der Waals surface area contributed by atoms with E-state index in [1.807, 2.05) is 24.3 Å². The molecular formula is C31H30F3N3O5. The SMILES string of the molecule is C=CCOC(=O)N(C[C@H](Cc1ccc(C(F)(F)F)cc1)C(=O)OC(C)(C)C)c1cc(-c2ccc3cnccc3c2)on1. The zero-order chi connectivity index (χ0) is 30.5. The Hall–Kier alpha value is -4.67. The van der Waals surface area contributed by atoms with Crippen LogP contribution >= 0.6 is 0 Å². The van der Waals surface area contributed by atoms with Crippen LogP contribution in [0.15, 0.2) is 84.2 Å². The van der Waals surface area contributed by atoms with Gasteiger partial charge >= 0.3 is 18.2 Å². The van der Waals surface area contributed by atoms with Crippen molar-refractivity contribution in [1.29, 1.82) is 0 Å². The maximum atomic E-state index is 13.3. The number of hydrogen-bond donors (Lipinski definition) is 0. The zero-order valence-corrected chi connectivity index (χ0v) is 23.4. The fraction of sp³-hybridized carbons (Fsp3) is 0.290. The van der Waals surface area contributed by atoms with Crippen molar-refractivity contribution in [3.63, 3.8) is 0 Å². The van der Waals surface area contributed by atoms with Gasteiger partial charge < -0.3 is 14.0 Å². The standard InChI is InChI=1S/C31H30F3N3O5/c1-5-14-40-29(39)37(27-17-26(42-36-27)22-8-9-23-18-35-13-12-21(23)16-22)19-24(28(38)41-30(2,3)4)15-20-6-10-25(11-7-20)31(32,33)34/h5-13,16-18,24H,1,14-15,19H2,2-4H3/t24-/m0/s1. The molecule has 0 saturated carbocycles. The number of nitrogens with zero attached hydrogens (tertiary/aromatic N) is 3. The van der Waals surface area contributed by atoms with Crippen molar-refractivity contribution in [2.24, 2.45) is 5.92 Å². The van der Waals surface area contributed by atoms with Gasteiger partial charge in [0.05, 0.1) is 11.5 Å². The number of amides is 1. The maximum absolute atomic E-state index is 13.3. The molecule has 0 spiro atoms. The van der Waals surface area contributed by atoms with Crippen molar-refractivity contribution in [2.45, 2.75) is 39.0 Å². The lowest BCUT2D eigenvalue weighted by molar-refractivity contribution is -0.159. The van der Waals surface area contributed by atoms with Crippen molar-refractivity contribution in [2.75, 3.05) is 18.1 Å². The average molecular weight is 582 g/mol. The molecule has 2 aromatic heterocycles. The number of benzene rings is 2. The third-order valence-electron chi connectivity index (χ3n) is 6.15. The van der Waals surface area contributed by atoms with Gasteiger partial charge in [-0.05, 0) is 62.4 Å². The van der Waals surface area contributed by atoms with Gasteiger partial charge in [0.1, 0.15) is 12.2 Å². The summed E-state index contributed by atoms with van der Waals surface area (Å²) in [5, 5.41) is 5.92. The molecule has 0 aliphatic heterocycles. The summed E-state index contributed by atoms with van der Waals surface area (Å²) in [4.78, 5) is 31.7. The number of alkyl halides is 3. The molecule has 1 amide bonds. The second kappa shape index (κ2) is 12.5. The number of pyridine rings is 1. The van der Waals surface area contributed by atoms with E-state index in [1.54, 1.807) is 39.2 Å². The van der Waals surface area contributed by atoms with Crippen molar-refractivity contribution >= 4 is 28.7 Å². The van der Waals surface area contributed by atoms with Gasteiger partial charge in [-0.25, -0.2) is 4.79 Å². The van der Waals surface area contributed by atoms with E-state index >= 15 is 0 Å². The molecule has 0 saturated heterocycles. The molecule has 4 rings (SSSR count). The average Bonchev–Trinajstić information content (AvgIpc) is 3.42. The normalized spacial score (nSPS) is 12.5. The molecule has 0 unspecified atom stereocenters. The predicted octanol–water partition coefficient (Wildman–Crippen LogP) is 7.24. The Kier molecular flexibility index (Phi) is 8.99. The van der Waals surface area contributed by atoms with Gasteiger partial charge in [0.15, 0.2) is 11.6 Å². The summed E-state index contributed by atoms with van der Waals surface area (Å²) in [6.45, 7) is 8.29. The smallest absolute Gasteiger partial charge is 0.416 e. The highest BCUT2D eigenvalue weighted by Gasteiger charge is 2.33. The molecule has 0 bridgehead atoms. The first-order chi connectivity index (χ1) is 19.8. The second-order valence-electron chi connectivity index (χ2n) is 10.6. The molecule has 0 radical (unpaired) electrons. The number of aromatic nitrogens is 2. The highest BCUT2D eigenvalue weighted by atomic mass is 19.4. The Morgan fingerprint density at radius 2 is 1.79 bits per heavy atom. The summed E-state index contributed by atoms with van der Waals surface area (Å²) in [7, 11) is 0. The predicted molar refractivity (Wildman–Crippen MR) is 151 cm³/mol. The number of hydrogen-bond acceptors (Lipinski definition) is 7. The molecule has 0 N–H and O–H groups in total. The summed E-state index contributed by atoms with van der Waals surface area (Å²) >= 11 is 0. The summed E-state index contributed by atoms with van der Waals surface area (Å²) in [5.74, 6) is -1.18. The van der Waals surface area contributed by atoms with E-state index in [0.717, 1.165) is 27.8 Å². The number of halogens is 3. The van der Waals surface area contributed by atoms with Gasteiger partial charge in [0.2, 0.25) is 0 Å². The third-order valence-corrected chi connectivity index (χ3v) is 6.15. The van der Waals surface area contributed by atoms with Crippen LogP contribution in [-0.2, 0) is 26.9 Å². The number of carbonyl (C=O) groups excluding carboxylic acids is 2. The number of fused-ring (bicyclic) bond motifs is 1. The van der Waals surface area contributed by atoms with Crippen LogP contribution in [0.3, 0.4) is 0 Å². The second-order valence-corrected chi connectivity index (χ2v) is 10.6. The molecule has 0 aliphatic carbocycles. The largest absolute Gasteiger partial charge is 0.460 e. The lowest BCUT2D eigenvalue weighted by Gasteiger charge is -2.27. The van der Waals surface area contributed by atoms with E-state index in [-0.39, 0.29) is 25.4 Å². The highest BCUT2D eigenvalue weighted by molar-refractivity contribution is 5.89. The van der Waals surface area contributed by atoms with Crippen LogP contribution in [0.4, 0.5) is 23.8 Å². The molecule has 42 heavy (non-hydrogen) atoms. The topological polar surface area (TPSA) is 94.8 Å². The zero-order valence-electron chi connectivity index (χ0n) is 23.4. The van der Waals surface area contributed by atoms with Gasteiger partial charge in [0.25, 0.3) is 0 Å². The number of anilines is 1. The summed E-state index contributed by atoms with van der Waals surface area (Å²) < 4.78 is 55.7.